The molecular formula is C20H23NO3S. The van der Waals surface area contributed by atoms with Gasteiger partial charge in [-0.05, 0) is 38.0 Å². The molecule has 0 aliphatic rings. The van der Waals surface area contributed by atoms with Crippen LogP contribution in [-0.4, -0.2) is 24.2 Å². The molecule has 2 aromatic rings. The van der Waals surface area contributed by atoms with Gasteiger partial charge in [0, 0.05) is 4.90 Å². The fraction of sp³-hybridized carbons (Fsp3) is 0.300. The lowest BCUT2D eigenvalue weighted by Gasteiger charge is -2.14. The summed E-state index contributed by atoms with van der Waals surface area (Å²) in [5.74, 6) is -0.513. The van der Waals surface area contributed by atoms with Crippen molar-refractivity contribution in [3.05, 3.63) is 65.2 Å². The minimum atomic E-state index is -0.395. The molecule has 0 aromatic heterocycles. The van der Waals surface area contributed by atoms with E-state index in [1.54, 1.807) is 0 Å². The predicted octanol–water partition coefficient (Wildman–Crippen LogP) is 3.82. The largest absolute Gasteiger partial charge is 0.455 e. The first-order valence-electron chi connectivity index (χ1n) is 8.15. The molecule has 1 amide bonds. The number of carbonyl (C=O) groups excluding carboxylic acids is 2. The molecule has 0 heterocycles. The number of hydrogen-bond acceptors (Lipinski definition) is 4. The Morgan fingerprint density at radius 1 is 1.12 bits per heavy atom. The SMILES string of the molecule is Cc1ccc(C)c(SCC(=O)OCC(=O)N[C@H](C)c2ccccc2)c1. The van der Waals surface area contributed by atoms with Gasteiger partial charge < -0.3 is 10.1 Å². The Kier molecular flexibility index (Phi) is 7.07. The van der Waals surface area contributed by atoms with Gasteiger partial charge in [0.05, 0.1) is 11.8 Å². The van der Waals surface area contributed by atoms with Gasteiger partial charge in [0.1, 0.15) is 0 Å². The van der Waals surface area contributed by atoms with E-state index < -0.39 is 5.97 Å². The maximum Gasteiger partial charge on any atom is 0.316 e. The summed E-state index contributed by atoms with van der Waals surface area (Å²) in [7, 11) is 0. The quantitative estimate of drug-likeness (QED) is 0.605. The summed E-state index contributed by atoms with van der Waals surface area (Å²) in [6.07, 6.45) is 0. The second-order valence-electron chi connectivity index (χ2n) is 5.92. The minimum Gasteiger partial charge on any atom is -0.455 e. The number of hydrogen-bond donors (Lipinski definition) is 1. The van der Waals surface area contributed by atoms with Gasteiger partial charge in [0.2, 0.25) is 0 Å². The van der Waals surface area contributed by atoms with Crippen LogP contribution < -0.4 is 5.32 Å². The van der Waals surface area contributed by atoms with Crippen LogP contribution in [0.2, 0.25) is 0 Å². The van der Waals surface area contributed by atoms with Crippen LogP contribution in [0.5, 0.6) is 0 Å². The second-order valence-corrected chi connectivity index (χ2v) is 6.94. The molecule has 0 bridgehead atoms. The van der Waals surface area contributed by atoms with E-state index in [1.807, 2.05) is 69.3 Å². The lowest BCUT2D eigenvalue weighted by atomic mass is 10.1. The fourth-order valence-electron chi connectivity index (χ4n) is 2.30. The lowest BCUT2D eigenvalue weighted by molar-refractivity contribution is -0.146. The Hall–Kier alpha value is -2.27. The number of benzene rings is 2. The smallest absolute Gasteiger partial charge is 0.316 e. The minimum absolute atomic E-state index is 0.128. The molecule has 132 valence electrons. The molecule has 0 saturated heterocycles. The van der Waals surface area contributed by atoms with Crippen molar-refractivity contribution in [3.8, 4) is 0 Å². The summed E-state index contributed by atoms with van der Waals surface area (Å²) in [4.78, 5) is 24.8. The maximum absolute atomic E-state index is 11.9. The molecule has 0 spiro atoms. The van der Waals surface area contributed by atoms with Gasteiger partial charge in [-0.3, -0.25) is 9.59 Å². The van der Waals surface area contributed by atoms with Crippen LogP contribution in [0, 0.1) is 13.8 Å². The van der Waals surface area contributed by atoms with Gasteiger partial charge in [-0.1, -0.05) is 48.0 Å². The summed E-state index contributed by atoms with van der Waals surface area (Å²) in [6, 6.07) is 15.6. The van der Waals surface area contributed by atoms with Crippen molar-refractivity contribution in [2.45, 2.75) is 31.7 Å². The first-order chi connectivity index (χ1) is 12.0. The number of rotatable bonds is 7. The van der Waals surface area contributed by atoms with E-state index in [0.717, 1.165) is 21.6 Å². The molecule has 0 radical (unpaired) electrons. The van der Waals surface area contributed by atoms with E-state index in [4.69, 9.17) is 4.74 Å². The number of thioether (sulfide) groups is 1. The molecule has 0 aliphatic carbocycles. The monoisotopic (exact) mass is 357 g/mol. The molecular weight excluding hydrogens is 334 g/mol. The van der Waals surface area contributed by atoms with Crippen LogP contribution in [-0.2, 0) is 14.3 Å². The lowest BCUT2D eigenvalue weighted by Crippen LogP contribution is -2.31. The summed E-state index contributed by atoms with van der Waals surface area (Å²) in [5, 5.41) is 2.82. The molecule has 5 heteroatoms. The van der Waals surface area contributed by atoms with Crippen LogP contribution in [0.25, 0.3) is 0 Å². The van der Waals surface area contributed by atoms with E-state index >= 15 is 0 Å². The zero-order valence-corrected chi connectivity index (χ0v) is 15.6. The average molecular weight is 357 g/mol. The maximum atomic E-state index is 11.9. The molecule has 0 aliphatic heterocycles. The van der Waals surface area contributed by atoms with Crippen LogP contribution in [0.3, 0.4) is 0 Å². The number of aryl methyl sites for hydroxylation is 2. The molecule has 1 N–H and O–H groups in total. The van der Waals surface area contributed by atoms with Crippen molar-refractivity contribution in [3.63, 3.8) is 0 Å². The Labute approximate surface area is 153 Å². The standard InChI is InChI=1S/C20H23NO3S/c1-14-9-10-15(2)18(11-14)25-13-20(23)24-12-19(22)21-16(3)17-7-5-4-6-8-17/h4-11,16H,12-13H2,1-3H3,(H,21,22)/t16-/m1/s1. The number of nitrogens with one attached hydrogen (secondary N) is 1. The van der Waals surface area contributed by atoms with Crippen molar-refractivity contribution in [1.29, 1.82) is 0 Å². The average Bonchev–Trinajstić information content (AvgIpc) is 2.61. The topological polar surface area (TPSA) is 55.4 Å². The molecule has 0 fully saturated rings. The number of amides is 1. The molecule has 4 nitrogen and oxygen atoms in total. The van der Waals surface area contributed by atoms with E-state index in [1.165, 1.54) is 11.8 Å². The molecule has 2 rings (SSSR count). The molecule has 2 aromatic carbocycles. The summed E-state index contributed by atoms with van der Waals surface area (Å²) in [6.45, 7) is 5.65. The summed E-state index contributed by atoms with van der Waals surface area (Å²) >= 11 is 1.43. The number of carbonyl (C=O) groups is 2. The van der Waals surface area contributed by atoms with E-state index in [-0.39, 0.29) is 24.3 Å². The molecule has 25 heavy (non-hydrogen) atoms. The van der Waals surface area contributed by atoms with Crippen molar-refractivity contribution in [2.24, 2.45) is 0 Å². The van der Waals surface area contributed by atoms with Gasteiger partial charge >= 0.3 is 5.97 Å². The Morgan fingerprint density at radius 2 is 1.84 bits per heavy atom. The zero-order valence-electron chi connectivity index (χ0n) is 14.7. The molecule has 0 saturated carbocycles. The highest BCUT2D eigenvalue weighted by atomic mass is 32.2. The highest BCUT2D eigenvalue weighted by molar-refractivity contribution is 8.00. The summed E-state index contributed by atoms with van der Waals surface area (Å²) < 4.78 is 5.06. The normalized spacial score (nSPS) is 11.6. The van der Waals surface area contributed by atoms with Gasteiger partial charge in [0.25, 0.3) is 5.91 Å². The Balaban J connectivity index is 1.74. The van der Waals surface area contributed by atoms with E-state index in [9.17, 15) is 9.59 Å². The second kappa shape index (κ2) is 9.28. The predicted molar refractivity (Wildman–Crippen MR) is 101 cm³/mol. The van der Waals surface area contributed by atoms with Gasteiger partial charge in [-0.15, -0.1) is 11.8 Å². The van der Waals surface area contributed by atoms with Crippen molar-refractivity contribution < 1.29 is 14.3 Å². The van der Waals surface area contributed by atoms with Gasteiger partial charge in [-0.2, -0.15) is 0 Å². The van der Waals surface area contributed by atoms with Crippen LogP contribution in [0.15, 0.2) is 53.4 Å². The highest BCUT2D eigenvalue weighted by Crippen LogP contribution is 2.23. The van der Waals surface area contributed by atoms with E-state index in [2.05, 4.69) is 5.32 Å². The zero-order chi connectivity index (χ0) is 18.2. The first kappa shape index (κ1) is 19.1. The van der Waals surface area contributed by atoms with Crippen molar-refractivity contribution >= 4 is 23.6 Å². The van der Waals surface area contributed by atoms with Crippen LogP contribution >= 0.6 is 11.8 Å². The third-order valence-corrected chi connectivity index (χ3v) is 4.86. The first-order valence-corrected chi connectivity index (χ1v) is 9.14. The third kappa shape index (κ3) is 6.27. The molecule has 1 atom stereocenters. The fourth-order valence-corrected chi connectivity index (χ4v) is 3.22. The summed E-state index contributed by atoms with van der Waals surface area (Å²) in [5.41, 5.74) is 3.28. The van der Waals surface area contributed by atoms with Crippen LogP contribution in [0.4, 0.5) is 0 Å². The van der Waals surface area contributed by atoms with E-state index in [0.29, 0.717) is 0 Å². The van der Waals surface area contributed by atoms with Gasteiger partial charge in [0.15, 0.2) is 6.61 Å². The highest BCUT2D eigenvalue weighted by Gasteiger charge is 2.12. The number of esters is 1. The van der Waals surface area contributed by atoms with Crippen molar-refractivity contribution in [1.82, 2.24) is 5.32 Å². The third-order valence-electron chi connectivity index (χ3n) is 3.73. The molecule has 0 unspecified atom stereocenters. The van der Waals surface area contributed by atoms with Crippen LogP contribution in [0.1, 0.15) is 29.7 Å². The Morgan fingerprint density at radius 3 is 2.56 bits per heavy atom. The number of ether oxygens (including phenoxy) is 1. The van der Waals surface area contributed by atoms with Crippen molar-refractivity contribution in [2.75, 3.05) is 12.4 Å². The van der Waals surface area contributed by atoms with Gasteiger partial charge in [-0.25, -0.2) is 0 Å². The Bertz CT molecular complexity index is 731.